The van der Waals surface area contributed by atoms with E-state index in [1.165, 1.54) is 35.8 Å². The fourth-order valence-corrected chi connectivity index (χ4v) is 5.14. The second-order valence-corrected chi connectivity index (χ2v) is 9.07. The summed E-state index contributed by atoms with van der Waals surface area (Å²) >= 11 is 1.24. The van der Waals surface area contributed by atoms with E-state index in [4.69, 9.17) is 4.98 Å². The highest BCUT2D eigenvalue weighted by atomic mass is 32.1. The molecule has 2 aliphatic heterocycles. The molecule has 1 saturated heterocycles. The molecule has 1 aromatic carbocycles. The molecule has 0 bridgehead atoms. The first kappa shape index (κ1) is 21.7. The fraction of sp³-hybridized carbons (Fsp3) is 0.409. The van der Waals surface area contributed by atoms with Gasteiger partial charge in [0.25, 0.3) is 5.91 Å². The summed E-state index contributed by atoms with van der Waals surface area (Å²) in [7, 11) is 0. The van der Waals surface area contributed by atoms with E-state index in [1.54, 1.807) is 9.80 Å². The quantitative estimate of drug-likeness (QED) is 0.631. The van der Waals surface area contributed by atoms with Crippen LogP contribution in [0.2, 0.25) is 0 Å². The molecule has 2 aromatic heterocycles. The second-order valence-electron chi connectivity index (χ2n) is 8.32. The summed E-state index contributed by atoms with van der Waals surface area (Å²) in [6.45, 7) is 4.95. The van der Waals surface area contributed by atoms with Crippen LogP contribution in [0.25, 0.3) is 10.8 Å². The minimum atomic E-state index is -0.661. The number of aromatic nitrogens is 4. The van der Waals surface area contributed by atoms with Crippen LogP contribution in [0.5, 0.6) is 0 Å². The molecular formula is C22H23FN6O3S. The van der Waals surface area contributed by atoms with Gasteiger partial charge in [0.05, 0.1) is 24.3 Å². The van der Waals surface area contributed by atoms with Crippen LogP contribution in [0.4, 0.5) is 10.2 Å². The fourth-order valence-electron chi connectivity index (χ4n) is 4.47. The molecule has 0 spiro atoms. The Morgan fingerprint density at radius 1 is 1.18 bits per heavy atom. The third-order valence-electron chi connectivity index (χ3n) is 6.14. The van der Waals surface area contributed by atoms with Gasteiger partial charge in [0, 0.05) is 25.2 Å². The Morgan fingerprint density at radius 3 is 2.61 bits per heavy atom. The summed E-state index contributed by atoms with van der Waals surface area (Å²) < 4.78 is 19.6. The Balaban J connectivity index is 1.57. The van der Waals surface area contributed by atoms with Crippen LogP contribution >= 0.6 is 11.5 Å². The molecule has 2 amide bonds. The lowest BCUT2D eigenvalue weighted by Crippen LogP contribution is -2.44. The maximum atomic E-state index is 13.4. The highest BCUT2D eigenvalue weighted by molar-refractivity contribution is 7.09. The number of nitrogens with zero attached hydrogens (tertiary/aromatic N) is 6. The molecule has 1 fully saturated rings. The van der Waals surface area contributed by atoms with E-state index in [0.717, 1.165) is 5.69 Å². The lowest BCUT2D eigenvalue weighted by molar-refractivity contribution is -0.122. The molecule has 2 atom stereocenters. The standard InChI is InChI=1S/C22H23FN6O3S/c1-12-18-19(28-8-7-16(30)11-17(28)31)25-20(21-24-13(2)26-33-21)29(18)10-9-27(12)22(32)14-3-5-15(23)6-4-14/h3-6,12,16,30H,7-11H2,1-2H3. The number of fused-ring (bicyclic) bond motifs is 1. The van der Waals surface area contributed by atoms with E-state index in [0.29, 0.717) is 54.1 Å². The van der Waals surface area contributed by atoms with Gasteiger partial charge >= 0.3 is 0 Å². The lowest BCUT2D eigenvalue weighted by Gasteiger charge is -2.37. The van der Waals surface area contributed by atoms with Gasteiger partial charge in [-0.3, -0.25) is 14.5 Å². The van der Waals surface area contributed by atoms with Crippen LogP contribution in [0.3, 0.4) is 0 Å². The number of aliphatic hydroxyl groups is 1. The van der Waals surface area contributed by atoms with Gasteiger partial charge < -0.3 is 14.6 Å². The van der Waals surface area contributed by atoms with E-state index in [9.17, 15) is 19.1 Å². The van der Waals surface area contributed by atoms with Crippen molar-refractivity contribution in [1.82, 2.24) is 23.8 Å². The van der Waals surface area contributed by atoms with Crippen molar-refractivity contribution in [3.8, 4) is 10.8 Å². The van der Waals surface area contributed by atoms with Crippen molar-refractivity contribution >= 4 is 29.2 Å². The molecular weight excluding hydrogens is 447 g/mol. The molecule has 2 aliphatic rings. The van der Waals surface area contributed by atoms with Crippen LogP contribution < -0.4 is 4.90 Å². The highest BCUT2D eigenvalue weighted by Crippen LogP contribution is 2.39. The number of carbonyl (C=O) groups is 2. The summed E-state index contributed by atoms with van der Waals surface area (Å²) in [5, 5.41) is 10.6. The van der Waals surface area contributed by atoms with Crippen molar-refractivity contribution < 1.29 is 19.1 Å². The first-order chi connectivity index (χ1) is 15.8. The number of anilines is 1. The SMILES string of the molecule is Cc1nsc(-c2nc(N3CCC(O)CC3=O)c3n2CCN(C(=O)c2ccc(F)cc2)C3C)n1. The van der Waals surface area contributed by atoms with Crippen LogP contribution in [-0.4, -0.2) is 59.9 Å². The van der Waals surface area contributed by atoms with Crippen LogP contribution in [0, 0.1) is 12.7 Å². The van der Waals surface area contributed by atoms with Gasteiger partial charge in [-0.2, -0.15) is 4.37 Å². The molecule has 3 aromatic rings. The number of imidazole rings is 1. The van der Waals surface area contributed by atoms with Gasteiger partial charge in [-0.05, 0) is 56.1 Å². The number of hydrogen-bond donors (Lipinski definition) is 1. The van der Waals surface area contributed by atoms with Gasteiger partial charge in [-0.25, -0.2) is 14.4 Å². The summed E-state index contributed by atoms with van der Waals surface area (Å²) in [6.07, 6.45) is -0.171. The predicted molar refractivity (Wildman–Crippen MR) is 119 cm³/mol. The molecule has 0 aliphatic carbocycles. The lowest BCUT2D eigenvalue weighted by atomic mass is 10.0. The summed E-state index contributed by atoms with van der Waals surface area (Å²) in [5.74, 6) is 0.923. The molecule has 11 heteroatoms. The van der Waals surface area contributed by atoms with Crippen molar-refractivity contribution in [2.75, 3.05) is 18.0 Å². The maximum absolute atomic E-state index is 13.4. The molecule has 4 heterocycles. The number of aryl methyl sites for hydroxylation is 1. The van der Waals surface area contributed by atoms with Gasteiger partial charge in [0.1, 0.15) is 11.6 Å². The number of amides is 2. The minimum absolute atomic E-state index is 0.0339. The molecule has 33 heavy (non-hydrogen) atoms. The number of rotatable bonds is 3. The Hall–Kier alpha value is -3.18. The number of aliphatic hydroxyl groups excluding tert-OH is 1. The predicted octanol–water partition coefficient (Wildman–Crippen LogP) is 2.55. The van der Waals surface area contributed by atoms with E-state index in [2.05, 4.69) is 9.36 Å². The maximum Gasteiger partial charge on any atom is 0.254 e. The van der Waals surface area contributed by atoms with Gasteiger partial charge in [0.2, 0.25) is 5.91 Å². The average molecular weight is 471 g/mol. The molecule has 2 unspecified atom stereocenters. The highest BCUT2D eigenvalue weighted by Gasteiger charge is 2.38. The number of piperidine rings is 1. The normalized spacial score (nSPS) is 20.8. The summed E-state index contributed by atoms with van der Waals surface area (Å²) in [4.78, 5) is 38.6. The zero-order valence-corrected chi connectivity index (χ0v) is 19.0. The zero-order valence-electron chi connectivity index (χ0n) is 18.2. The third kappa shape index (κ3) is 3.80. The van der Waals surface area contributed by atoms with Crippen LogP contribution in [-0.2, 0) is 11.3 Å². The zero-order chi connectivity index (χ0) is 23.3. The Morgan fingerprint density at radius 2 is 1.94 bits per heavy atom. The van der Waals surface area contributed by atoms with Crippen molar-refractivity contribution in [3.63, 3.8) is 0 Å². The van der Waals surface area contributed by atoms with E-state index >= 15 is 0 Å². The summed E-state index contributed by atoms with van der Waals surface area (Å²) in [5.41, 5.74) is 1.14. The van der Waals surface area contributed by atoms with Crippen molar-refractivity contribution in [2.24, 2.45) is 0 Å². The number of carbonyl (C=O) groups excluding carboxylic acids is 2. The van der Waals surface area contributed by atoms with Gasteiger partial charge in [-0.15, -0.1) is 0 Å². The topological polar surface area (TPSA) is 104 Å². The van der Waals surface area contributed by atoms with Gasteiger partial charge in [-0.1, -0.05) is 0 Å². The third-order valence-corrected chi connectivity index (χ3v) is 6.94. The first-order valence-corrected chi connectivity index (χ1v) is 11.6. The Bertz CT molecular complexity index is 1220. The largest absolute Gasteiger partial charge is 0.393 e. The van der Waals surface area contributed by atoms with E-state index < -0.39 is 11.9 Å². The average Bonchev–Trinajstić information content (AvgIpc) is 3.38. The molecule has 0 radical (unpaired) electrons. The number of hydrogen-bond acceptors (Lipinski definition) is 7. The molecule has 5 rings (SSSR count). The molecule has 0 saturated carbocycles. The van der Waals surface area contributed by atoms with Crippen LogP contribution in [0.15, 0.2) is 24.3 Å². The monoisotopic (exact) mass is 470 g/mol. The molecule has 9 nitrogen and oxygen atoms in total. The molecule has 172 valence electrons. The van der Waals surface area contributed by atoms with Crippen LogP contribution in [0.1, 0.15) is 47.7 Å². The Kier molecular flexibility index (Phi) is 5.45. The Labute approximate surface area is 193 Å². The van der Waals surface area contributed by atoms with Gasteiger partial charge in [0.15, 0.2) is 16.6 Å². The minimum Gasteiger partial charge on any atom is -0.393 e. The first-order valence-electron chi connectivity index (χ1n) is 10.8. The summed E-state index contributed by atoms with van der Waals surface area (Å²) in [6, 6.07) is 5.10. The molecule has 1 N–H and O–H groups in total. The smallest absolute Gasteiger partial charge is 0.254 e. The van der Waals surface area contributed by atoms with E-state index in [-0.39, 0.29) is 24.3 Å². The van der Waals surface area contributed by atoms with Crippen molar-refractivity contribution in [1.29, 1.82) is 0 Å². The van der Waals surface area contributed by atoms with Crippen molar-refractivity contribution in [2.45, 2.75) is 45.4 Å². The number of benzene rings is 1. The second kappa shape index (κ2) is 8.31. The van der Waals surface area contributed by atoms with E-state index in [1.807, 2.05) is 18.4 Å². The van der Waals surface area contributed by atoms with Crippen molar-refractivity contribution in [3.05, 3.63) is 47.2 Å². The number of halogens is 1.